The Morgan fingerprint density at radius 1 is 1.11 bits per heavy atom. The highest BCUT2D eigenvalue weighted by Gasteiger charge is 2.24. The summed E-state index contributed by atoms with van der Waals surface area (Å²) >= 11 is 6.34. The smallest absolute Gasteiger partial charge is 0.277 e. The lowest BCUT2D eigenvalue weighted by Crippen LogP contribution is -2.23. The maximum absolute atomic E-state index is 13.9. The Morgan fingerprint density at radius 2 is 1.83 bits per heavy atom. The summed E-state index contributed by atoms with van der Waals surface area (Å²) in [7, 11) is 0. The van der Waals surface area contributed by atoms with Crippen molar-refractivity contribution in [2.75, 3.05) is 0 Å². The van der Waals surface area contributed by atoms with Crippen molar-refractivity contribution in [2.45, 2.75) is 46.8 Å². The van der Waals surface area contributed by atoms with E-state index in [0.717, 1.165) is 6.20 Å². The van der Waals surface area contributed by atoms with E-state index in [0.29, 0.717) is 34.7 Å². The molecule has 4 aromatic heterocycles. The van der Waals surface area contributed by atoms with Crippen molar-refractivity contribution in [2.24, 2.45) is 0 Å². The van der Waals surface area contributed by atoms with Crippen LogP contribution in [0.3, 0.4) is 0 Å². The van der Waals surface area contributed by atoms with E-state index < -0.39 is 22.8 Å². The monoisotopic (exact) mass is 516 g/mol. The third-order valence-electron chi connectivity index (χ3n) is 5.38. The number of hydrogen-bond acceptors (Lipinski definition) is 7. The van der Waals surface area contributed by atoms with Crippen molar-refractivity contribution in [3.63, 3.8) is 0 Å². The fourth-order valence-electron chi connectivity index (χ4n) is 3.51. The van der Waals surface area contributed by atoms with E-state index in [1.807, 2.05) is 0 Å². The number of rotatable bonds is 6. The van der Waals surface area contributed by atoms with Crippen LogP contribution in [0.2, 0.25) is 5.02 Å². The number of ether oxygens (including phenoxy) is 1. The van der Waals surface area contributed by atoms with Crippen molar-refractivity contribution in [3.05, 3.63) is 86.2 Å². The molecule has 1 N–H and O–H groups in total. The summed E-state index contributed by atoms with van der Waals surface area (Å²) in [5, 5.41) is 14.4. The molecule has 0 amide bonds. The molecule has 0 aliphatic rings. The van der Waals surface area contributed by atoms with E-state index in [1.165, 1.54) is 15.3 Å². The van der Waals surface area contributed by atoms with Gasteiger partial charge in [-0.05, 0) is 40.2 Å². The number of aromatic nitrogens is 6. The van der Waals surface area contributed by atoms with Crippen molar-refractivity contribution in [3.8, 4) is 17.3 Å². The van der Waals surface area contributed by atoms with E-state index >= 15 is 0 Å². The van der Waals surface area contributed by atoms with Crippen LogP contribution in [0.1, 0.15) is 42.4 Å². The van der Waals surface area contributed by atoms with E-state index in [-0.39, 0.29) is 28.9 Å². The van der Waals surface area contributed by atoms with Crippen molar-refractivity contribution in [1.82, 2.24) is 29.3 Å². The predicted molar refractivity (Wildman–Crippen MR) is 128 cm³/mol. The summed E-state index contributed by atoms with van der Waals surface area (Å²) in [6, 6.07) is 3.90. The number of halogens is 3. The second kappa shape index (κ2) is 9.40. The van der Waals surface area contributed by atoms with Crippen molar-refractivity contribution >= 4 is 11.6 Å². The number of aryl methyl sites for hydroxylation is 3. The highest BCUT2D eigenvalue weighted by molar-refractivity contribution is 6.31. The molecule has 4 aromatic rings. The van der Waals surface area contributed by atoms with Crippen molar-refractivity contribution < 1.29 is 18.6 Å². The standard InChI is InChI=1S/C24H23ClF2N6O3/c1-12-9-29-20(33-14(3)30-23(31-33)24(4,5)35)8-18(12)32-13(2)6-19(21(25)22(32)34)36-11-17-16(27)7-15(26)10-28-17/h6-10,35H,11H2,1-5H3. The molecule has 0 aromatic carbocycles. The summed E-state index contributed by atoms with van der Waals surface area (Å²) in [6.45, 7) is 8.01. The molecule has 0 radical (unpaired) electrons. The minimum Gasteiger partial charge on any atom is -0.485 e. The third-order valence-corrected chi connectivity index (χ3v) is 5.73. The van der Waals surface area contributed by atoms with Crippen LogP contribution in [-0.2, 0) is 12.2 Å². The summed E-state index contributed by atoms with van der Waals surface area (Å²) < 4.78 is 35.4. The predicted octanol–water partition coefficient (Wildman–Crippen LogP) is 3.87. The first-order valence-corrected chi connectivity index (χ1v) is 11.2. The molecule has 0 unspecified atom stereocenters. The minimum atomic E-state index is -1.24. The van der Waals surface area contributed by atoms with Crippen LogP contribution in [0.25, 0.3) is 11.5 Å². The number of pyridine rings is 3. The normalized spacial score (nSPS) is 11.7. The highest BCUT2D eigenvalue weighted by Crippen LogP contribution is 2.26. The van der Waals surface area contributed by atoms with Gasteiger partial charge in [-0.25, -0.2) is 18.7 Å². The third kappa shape index (κ3) is 4.84. The molecule has 12 heteroatoms. The Hall–Kier alpha value is -3.70. The van der Waals surface area contributed by atoms with Gasteiger partial charge in [0.2, 0.25) is 0 Å². The number of hydrogen-bond donors (Lipinski definition) is 1. The summed E-state index contributed by atoms with van der Waals surface area (Å²) in [6.07, 6.45) is 2.46. The fraction of sp³-hybridized carbons (Fsp3) is 0.292. The van der Waals surface area contributed by atoms with Crippen LogP contribution in [0.4, 0.5) is 8.78 Å². The van der Waals surface area contributed by atoms with Crippen LogP contribution >= 0.6 is 11.6 Å². The zero-order chi connectivity index (χ0) is 26.4. The zero-order valence-corrected chi connectivity index (χ0v) is 20.9. The Balaban J connectivity index is 1.73. The summed E-state index contributed by atoms with van der Waals surface area (Å²) in [5.41, 5.74) is -0.259. The molecule has 188 valence electrons. The number of nitrogens with zero attached hydrogens (tertiary/aromatic N) is 6. The molecular weight excluding hydrogens is 494 g/mol. The van der Waals surface area contributed by atoms with Gasteiger partial charge in [-0.3, -0.25) is 14.3 Å². The molecule has 4 heterocycles. The molecule has 0 aliphatic heterocycles. The first-order valence-electron chi connectivity index (χ1n) is 10.9. The zero-order valence-electron chi connectivity index (χ0n) is 20.2. The highest BCUT2D eigenvalue weighted by atomic mass is 35.5. The molecule has 9 nitrogen and oxygen atoms in total. The second-order valence-corrected chi connectivity index (χ2v) is 9.14. The van der Waals surface area contributed by atoms with Crippen molar-refractivity contribution in [1.29, 1.82) is 0 Å². The van der Waals surface area contributed by atoms with Gasteiger partial charge in [-0.15, -0.1) is 5.10 Å². The Kier molecular flexibility index (Phi) is 6.63. The molecule has 0 saturated heterocycles. The second-order valence-electron chi connectivity index (χ2n) is 8.76. The van der Waals surface area contributed by atoms with Gasteiger partial charge in [0.05, 0.1) is 11.9 Å². The van der Waals surface area contributed by atoms with E-state index in [4.69, 9.17) is 16.3 Å². The molecule has 0 aliphatic carbocycles. The van der Waals surface area contributed by atoms with Gasteiger partial charge >= 0.3 is 0 Å². The summed E-state index contributed by atoms with van der Waals surface area (Å²) in [4.78, 5) is 25.6. The first-order chi connectivity index (χ1) is 16.9. The van der Waals surface area contributed by atoms with Crippen LogP contribution in [0, 0.1) is 32.4 Å². The maximum Gasteiger partial charge on any atom is 0.277 e. The first kappa shape index (κ1) is 25.4. The van der Waals surface area contributed by atoms with Crippen LogP contribution in [-0.4, -0.2) is 34.4 Å². The fourth-order valence-corrected chi connectivity index (χ4v) is 3.70. The van der Waals surface area contributed by atoms with Gasteiger partial charge in [0.25, 0.3) is 5.56 Å². The Bertz CT molecular complexity index is 1530. The molecular formula is C24H23ClF2N6O3. The van der Waals surface area contributed by atoms with Gasteiger partial charge in [-0.2, -0.15) is 4.68 Å². The van der Waals surface area contributed by atoms with E-state index in [9.17, 15) is 18.7 Å². The lowest BCUT2D eigenvalue weighted by Gasteiger charge is -2.17. The van der Waals surface area contributed by atoms with E-state index in [2.05, 4.69) is 20.1 Å². The molecule has 4 rings (SSSR count). The average molecular weight is 517 g/mol. The molecule has 36 heavy (non-hydrogen) atoms. The lowest BCUT2D eigenvalue weighted by atomic mass is 10.1. The van der Waals surface area contributed by atoms with E-state index in [1.54, 1.807) is 46.9 Å². The van der Waals surface area contributed by atoms with Gasteiger partial charge in [-0.1, -0.05) is 11.6 Å². The van der Waals surface area contributed by atoms with Gasteiger partial charge in [0.15, 0.2) is 17.5 Å². The SMILES string of the molecule is Cc1cnc(-n2nc(C(C)(C)O)nc2C)cc1-n1c(C)cc(OCc2ncc(F)cc2F)c(Cl)c1=O. The Labute approximate surface area is 210 Å². The van der Waals surface area contributed by atoms with Gasteiger partial charge in [0, 0.05) is 30.1 Å². The van der Waals surface area contributed by atoms with Crippen LogP contribution < -0.4 is 10.3 Å². The molecule has 0 fully saturated rings. The van der Waals surface area contributed by atoms with Crippen LogP contribution in [0.15, 0.2) is 35.4 Å². The quantitative estimate of drug-likeness (QED) is 0.414. The topological polar surface area (TPSA) is 108 Å². The lowest BCUT2D eigenvalue weighted by molar-refractivity contribution is 0.0688. The molecule has 0 saturated carbocycles. The molecule has 0 bridgehead atoms. The molecule has 0 spiro atoms. The molecule has 0 atom stereocenters. The van der Waals surface area contributed by atoms with Gasteiger partial charge < -0.3 is 9.84 Å². The Morgan fingerprint density at radius 3 is 2.47 bits per heavy atom. The van der Waals surface area contributed by atoms with Crippen LogP contribution in [0.5, 0.6) is 5.75 Å². The summed E-state index contributed by atoms with van der Waals surface area (Å²) in [5.74, 6) is -0.521. The number of aliphatic hydroxyl groups is 1. The maximum atomic E-state index is 13.9. The largest absolute Gasteiger partial charge is 0.485 e. The minimum absolute atomic E-state index is 0.0369. The average Bonchev–Trinajstić information content (AvgIpc) is 3.20. The van der Waals surface area contributed by atoms with Gasteiger partial charge in [0.1, 0.15) is 40.3 Å².